The van der Waals surface area contributed by atoms with Crippen LogP contribution in [0.15, 0.2) is 30.3 Å². The van der Waals surface area contributed by atoms with Crippen LogP contribution in [0.2, 0.25) is 0 Å². The predicted molar refractivity (Wildman–Crippen MR) is 79.4 cm³/mol. The van der Waals surface area contributed by atoms with Crippen molar-refractivity contribution in [3.05, 3.63) is 35.9 Å². The van der Waals surface area contributed by atoms with E-state index in [2.05, 4.69) is 0 Å². The summed E-state index contributed by atoms with van der Waals surface area (Å²) in [5.74, 6) is -1.90. The maximum absolute atomic E-state index is 12.2. The number of hydrogen-bond donors (Lipinski definition) is 1. The van der Waals surface area contributed by atoms with Gasteiger partial charge < -0.3 is 15.4 Å². The Kier molecular flexibility index (Phi) is 4.80. The molecule has 6 nitrogen and oxygen atoms in total. The fourth-order valence-corrected chi connectivity index (χ4v) is 2.50. The summed E-state index contributed by atoms with van der Waals surface area (Å²) in [4.78, 5) is 36.8. The fourth-order valence-electron chi connectivity index (χ4n) is 2.50. The molecule has 0 aliphatic carbocycles. The first kappa shape index (κ1) is 16.0. The van der Waals surface area contributed by atoms with Crippen LogP contribution in [0.1, 0.15) is 31.9 Å². The van der Waals surface area contributed by atoms with Crippen molar-refractivity contribution in [2.24, 2.45) is 11.7 Å². The number of likely N-dealkylation sites (tertiary alicyclic amines) is 1. The number of esters is 1. The molecule has 1 fully saturated rings. The molecule has 2 N–H and O–H groups in total. The van der Waals surface area contributed by atoms with E-state index in [0.717, 1.165) is 5.56 Å². The Morgan fingerprint density at radius 1 is 1.27 bits per heavy atom. The van der Waals surface area contributed by atoms with Crippen molar-refractivity contribution < 1.29 is 19.1 Å². The summed E-state index contributed by atoms with van der Waals surface area (Å²) in [5.41, 5.74) is 6.08. The molecule has 118 valence electrons. The third kappa shape index (κ3) is 3.44. The molecule has 2 rings (SSSR count). The van der Waals surface area contributed by atoms with E-state index in [4.69, 9.17) is 10.5 Å². The Morgan fingerprint density at radius 2 is 1.91 bits per heavy atom. The van der Waals surface area contributed by atoms with E-state index in [1.807, 2.05) is 37.3 Å². The Bertz CT molecular complexity index is 573. The van der Waals surface area contributed by atoms with Crippen molar-refractivity contribution in [3.8, 4) is 0 Å². The molecular formula is C16H20N2O4. The van der Waals surface area contributed by atoms with Crippen LogP contribution in [0, 0.1) is 5.92 Å². The number of carbonyl (C=O) groups is 3. The molecule has 0 radical (unpaired) electrons. The summed E-state index contributed by atoms with van der Waals surface area (Å²) >= 11 is 0. The lowest BCUT2D eigenvalue weighted by molar-refractivity contribution is -0.157. The number of ether oxygens (including phenoxy) is 1. The number of primary amides is 1. The topological polar surface area (TPSA) is 89.7 Å². The molecule has 1 aromatic carbocycles. The van der Waals surface area contributed by atoms with Crippen LogP contribution >= 0.6 is 0 Å². The monoisotopic (exact) mass is 304 g/mol. The van der Waals surface area contributed by atoms with E-state index in [1.54, 1.807) is 4.90 Å². The van der Waals surface area contributed by atoms with Crippen LogP contribution in [-0.4, -0.2) is 35.3 Å². The normalized spacial score (nSPS) is 20.5. The SMILES string of the molecule is C[C@H](OC(=O)[C@H]1CC(=O)N([C@@H](C)c2ccccc2)C1)C(N)=O. The Hall–Kier alpha value is -2.37. The van der Waals surface area contributed by atoms with Gasteiger partial charge >= 0.3 is 5.97 Å². The van der Waals surface area contributed by atoms with E-state index < -0.39 is 23.9 Å². The van der Waals surface area contributed by atoms with Crippen molar-refractivity contribution in [1.29, 1.82) is 0 Å². The molecule has 1 aliphatic rings. The van der Waals surface area contributed by atoms with E-state index >= 15 is 0 Å². The third-order valence-electron chi connectivity index (χ3n) is 3.93. The van der Waals surface area contributed by atoms with Crippen molar-refractivity contribution in [2.75, 3.05) is 6.54 Å². The Labute approximate surface area is 129 Å². The molecule has 1 saturated heterocycles. The van der Waals surface area contributed by atoms with E-state index in [9.17, 15) is 14.4 Å². The lowest BCUT2D eigenvalue weighted by Gasteiger charge is -2.25. The summed E-state index contributed by atoms with van der Waals surface area (Å²) in [6, 6.07) is 9.50. The number of hydrogen-bond acceptors (Lipinski definition) is 4. The molecule has 2 amide bonds. The Morgan fingerprint density at radius 3 is 2.50 bits per heavy atom. The third-order valence-corrected chi connectivity index (χ3v) is 3.93. The quantitative estimate of drug-likeness (QED) is 0.822. The van der Waals surface area contributed by atoms with Gasteiger partial charge in [-0.15, -0.1) is 0 Å². The minimum Gasteiger partial charge on any atom is -0.452 e. The average Bonchev–Trinajstić information content (AvgIpc) is 2.89. The van der Waals surface area contributed by atoms with Gasteiger partial charge in [-0.2, -0.15) is 0 Å². The lowest BCUT2D eigenvalue weighted by Crippen LogP contribution is -2.34. The molecule has 22 heavy (non-hydrogen) atoms. The molecule has 0 bridgehead atoms. The minimum absolute atomic E-state index is 0.0926. The largest absolute Gasteiger partial charge is 0.452 e. The zero-order valence-electron chi connectivity index (χ0n) is 12.7. The molecule has 0 saturated carbocycles. The van der Waals surface area contributed by atoms with Gasteiger partial charge in [-0.25, -0.2) is 0 Å². The summed E-state index contributed by atoms with van der Waals surface area (Å²) in [6.07, 6.45) is -0.884. The zero-order chi connectivity index (χ0) is 16.3. The van der Waals surface area contributed by atoms with Crippen molar-refractivity contribution >= 4 is 17.8 Å². The second-order valence-electron chi connectivity index (χ2n) is 5.52. The first-order valence-electron chi connectivity index (χ1n) is 7.24. The summed E-state index contributed by atoms with van der Waals surface area (Å²) in [6.45, 7) is 3.63. The van der Waals surface area contributed by atoms with Gasteiger partial charge in [0.05, 0.1) is 12.0 Å². The highest BCUT2D eigenvalue weighted by Crippen LogP contribution is 2.29. The smallest absolute Gasteiger partial charge is 0.312 e. The minimum atomic E-state index is -0.983. The number of rotatable bonds is 5. The summed E-state index contributed by atoms with van der Waals surface area (Å²) in [5, 5.41) is 0. The second kappa shape index (κ2) is 6.60. The first-order chi connectivity index (χ1) is 10.4. The van der Waals surface area contributed by atoms with Crippen LogP contribution in [0.3, 0.4) is 0 Å². The number of carbonyl (C=O) groups excluding carboxylic acids is 3. The van der Waals surface area contributed by atoms with Gasteiger partial charge in [0.25, 0.3) is 5.91 Å². The van der Waals surface area contributed by atoms with Crippen molar-refractivity contribution in [1.82, 2.24) is 4.90 Å². The fraction of sp³-hybridized carbons (Fsp3) is 0.438. The lowest BCUT2D eigenvalue weighted by atomic mass is 10.1. The van der Waals surface area contributed by atoms with Gasteiger partial charge in [0.15, 0.2) is 6.10 Å². The maximum atomic E-state index is 12.2. The summed E-state index contributed by atoms with van der Waals surface area (Å²) in [7, 11) is 0. The van der Waals surface area contributed by atoms with Crippen molar-refractivity contribution in [2.45, 2.75) is 32.4 Å². The second-order valence-corrected chi connectivity index (χ2v) is 5.52. The molecule has 0 spiro atoms. The van der Waals surface area contributed by atoms with Crippen LogP contribution in [0.25, 0.3) is 0 Å². The Balaban J connectivity index is 2.01. The highest BCUT2D eigenvalue weighted by atomic mass is 16.5. The highest BCUT2D eigenvalue weighted by Gasteiger charge is 2.38. The summed E-state index contributed by atoms with van der Waals surface area (Å²) < 4.78 is 4.99. The molecule has 6 heteroatoms. The van der Waals surface area contributed by atoms with Gasteiger partial charge in [0, 0.05) is 13.0 Å². The zero-order valence-corrected chi connectivity index (χ0v) is 12.7. The highest BCUT2D eigenvalue weighted by molar-refractivity contribution is 5.88. The maximum Gasteiger partial charge on any atom is 0.312 e. The molecule has 3 atom stereocenters. The molecule has 1 heterocycles. The number of benzene rings is 1. The van der Waals surface area contributed by atoms with E-state index in [1.165, 1.54) is 6.92 Å². The molecule has 1 aliphatic heterocycles. The van der Waals surface area contributed by atoms with Gasteiger partial charge in [0.1, 0.15) is 0 Å². The van der Waals surface area contributed by atoms with Gasteiger partial charge in [-0.05, 0) is 19.4 Å². The van der Waals surface area contributed by atoms with Crippen LogP contribution in [0.4, 0.5) is 0 Å². The van der Waals surface area contributed by atoms with Gasteiger partial charge in [-0.1, -0.05) is 30.3 Å². The van der Waals surface area contributed by atoms with Crippen LogP contribution in [0.5, 0.6) is 0 Å². The molecular weight excluding hydrogens is 284 g/mol. The van der Waals surface area contributed by atoms with Gasteiger partial charge in [-0.3, -0.25) is 14.4 Å². The number of nitrogens with zero attached hydrogens (tertiary/aromatic N) is 1. The molecule has 0 unspecified atom stereocenters. The van der Waals surface area contributed by atoms with Crippen LogP contribution < -0.4 is 5.73 Å². The van der Waals surface area contributed by atoms with Crippen LogP contribution in [-0.2, 0) is 19.1 Å². The first-order valence-corrected chi connectivity index (χ1v) is 7.24. The number of nitrogens with two attached hydrogens (primary N) is 1. The molecule has 1 aromatic rings. The predicted octanol–water partition coefficient (Wildman–Crippen LogP) is 1.01. The standard InChI is InChI=1S/C16H20N2O4/c1-10(12-6-4-3-5-7-12)18-9-13(8-14(18)19)16(21)22-11(2)15(17)20/h3-7,10-11,13H,8-9H2,1-2H3,(H2,17,20)/t10-,11-,13-/m0/s1. The number of amides is 2. The average molecular weight is 304 g/mol. The van der Waals surface area contributed by atoms with E-state index in [0.29, 0.717) is 6.54 Å². The van der Waals surface area contributed by atoms with Crippen molar-refractivity contribution in [3.63, 3.8) is 0 Å². The van der Waals surface area contributed by atoms with E-state index in [-0.39, 0.29) is 18.4 Å². The molecule has 0 aromatic heterocycles. The van der Waals surface area contributed by atoms with Gasteiger partial charge in [0.2, 0.25) is 5.91 Å².